The summed E-state index contributed by atoms with van der Waals surface area (Å²) in [4.78, 5) is 22.0. The standard InChI is InChI=1S/C42H40Cl2FN3O4/c1-29-23-33(25-39(44)41(29)52-40-16-15-37(26-46-40)51-28-34-5-3-4-6-38(34)43)24-30(2)42(49)48-20-18-47(19-21-48)27-32-9-7-31(8-10-32)17-22-50-36-13-11-35(45)12-14-36/h3-16,23-26H,17-22,27-28H2,1-2H3/b30-24+. The highest BCUT2D eigenvalue weighted by molar-refractivity contribution is 6.32. The van der Waals surface area contributed by atoms with E-state index in [1.54, 1.807) is 36.5 Å². The lowest BCUT2D eigenvalue weighted by Crippen LogP contribution is -2.48. The van der Waals surface area contributed by atoms with Gasteiger partial charge in [0.25, 0.3) is 0 Å². The summed E-state index contributed by atoms with van der Waals surface area (Å²) in [5.41, 5.74) is 5.58. The maximum absolute atomic E-state index is 13.4. The van der Waals surface area contributed by atoms with E-state index in [0.717, 1.165) is 42.7 Å². The van der Waals surface area contributed by atoms with Crippen molar-refractivity contribution in [1.82, 2.24) is 14.8 Å². The zero-order chi connectivity index (χ0) is 36.5. The molecule has 4 aromatic carbocycles. The van der Waals surface area contributed by atoms with Crippen LogP contribution in [0.3, 0.4) is 0 Å². The fourth-order valence-corrected chi connectivity index (χ4v) is 6.42. The monoisotopic (exact) mass is 739 g/mol. The number of aromatic nitrogens is 1. The van der Waals surface area contributed by atoms with Crippen LogP contribution in [-0.4, -0.2) is 53.5 Å². The number of ether oxygens (including phenoxy) is 3. The van der Waals surface area contributed by atoms with Gasteiger partial charge in [0, 0.05) is 61.4 Å². The summed E-state index contributed by atoms with van der Waals surface area (Å²) in [6.45, 7) is 8.35. The summed E-state index contributed by atoms with van der Waals surface area (Å²) in [5.74, 6) is 1.88. The lowest BCUT2D eigenvalue weighted by Gasteiger charge is -2.35. The molecule has 0 spiro atoms. The molecule has 6 rings (SSSR count). The minimum atomic E-state index is -0.274. The molecule has 0 N–H and O–H groups in total. The number of pyridine rings is 1. The number of aryl methyl sites for hydroxylation is 1. The molecule has 1 amide bonds. The molecule has 0 saturated carbocycles. The molecule has 52 heavy (non-hydrogen) atoms. The van der Waals surface area contributed by atoms with E-state index in [-0.39, 0.29) is 11.7 Å². The molecule has 7 nitrogen and oxygen atoms in total. The van der Waals surface area contributed by atoms with E-state index >= 15 is 0 Å². The normalized spacial score (nSPS) is 13.6. The fraction of sp³-hybridized carbons (Fsp3) is 0.238. The van der Waals surface area contributed by atoms with Crippen LogP contribution in [0.25, 0.3) is 6.08 Å². The van der Waals surface area contributed by atoms with Crippen molar-refractivity contribution in [3.8, 4) is 23.1 Å². The maximum Gasteiger partial charge on any atom is 0.249 e. The van der Waals surface area contributed by atoms with E-state index in [4.69, 9.17) is 37.4 Å². The molecule has 0 unspecified atom stereocenters. The van der Waals surface area contributed by atoms with Gasteiger partial charge in [-0.05, 0) is 90.7 Å². The summed E-state index contributed by atoms with van der Waals surface area (Å²) in [6, 6.07) is 29.4. The van der Waals surface area contributed by atoms with Crippen LogP contribution >= 0.6 is 23.2 Å². The van der Waals surface area contributed by atoms with Gasteiger partial charge in [-0.25, -0.2) is 9.37 Å². The average molecular weight is 741 g/mol. The van der Waals surface area contributed by atoms with Crippen molar-refractivity contribution in [2.75, 3.05) is 32.8 Å². The van der Waals surface area contributed by atoms with Crippen molar-refractivity contribution in [3.05, 3.63) is 153 Å². The molecule has 1 aromatic heterocycles. The number of hydrogen-bond donors (Lipinski definition) is 0. The van der Waals surface area contributed by atoms with Crippen LogP contribution in [0.4, 0.5) is 4.39 Å². The highest BCUT2D eigenvalue weighted by Gasteiger charge is 2.22. The molecule has 2 heterocycles. The first kappa shape index (κ1) is 36.9. The molecular weight excluding hydrogens is 700 g/mol. The van der Waals surface area contributed by atoms with Crippen molar-refractivity contribution >= 4 is 35.2 Å². The number of benzene rings is 4. The first-order chi connectivity index (χ1) is 25.2. The molecule has 0 bridgehead atoms. The number of rotatable bonds is 13. The molecule has 5 aromatic rings. The van der Waals surface area contributed by atoms with Gasteiger partial charge in [0.1, 0.15) is 23.9 Å². The third-order valence-corrected chi connectivity index (χ3v) is 9.45. The van der Waals surface area contributed by atoms with Crippen molar-refractivity contribution in [2.45, 2.75) is 33.4 Å². The molecule has 268 valence electrons. The second kappa shape index (κ2) is 17.6. The Labute approximate surface area is 314 Å². The van der Waals surface area contributed by atoms with Gasteiger partial charge in [-0.2, -0.15) is 0 Å². The fourth-order valence-electron chi connectivity index (χ4n) is 5.92. The van der Waals surface area contributed by atoms with E-state index in [1.165, 1.54) is 23.3 Å². The third-order valence-electron chi connectivity index (χ3n) is 8.80. The maximum atomic E-state index is 13.4. The third kappa shape index (κ3) is 10.1. The van der Waals surface area contributed by atoms with E-state index in [2.05, 4.69) is 34.1 Å². The number of amides is 1. The summed E-state index contributed by atoms with van der Waals surface area (Å²) in [5, 5.41) is 1.07. The van der Waals surface area contributed by atoms with Crippen molar-refractivity contribution in [1.29, 1.82) is 0 Å². The minimum Gasteiger partial charge on any atom is -0.493 e. The highest BCUT2D eigenvalue weighted by atomic mass is 35.5. The van der Waals surface area contributed by atoms with Crippen LogP contribution in [0.5, 0.6) is 23.1 Å². The number of piperazine rings is 1. The second-order valence-electron chi connectivity index (χ2n) is 12.7. The number of halogens is 3. The van der Waals surface area contributed by atoms with Crippen LogP contribution in [0.2, 0.25) is 10.0 Å². The zero-order valence-corrected chi connectivity index (χ0v) is 30.7. The Morgan fingerprint density at radius 1 is 0.846 bits per heavy atom. The first-order valence-electron chi connectivity index (χ1n) is 17.2. The zero-order valence-electron chi connectivity index (χ0n) is 29.2. The van der Waals surface area contributed by atoms with E-state index in [9.17, 15) is 9.18 Å². The van der Waals surface area contributed by atoms with Crippen molar-refractivity contribution in [3.63, 3.8) is 0 Å². The van der Waals surface area contributed by atoms with E-state index in [0.29, 0.717) is 65.1 Å². The number of carbonyl (C=O) groups is 1. The number of hydrogen-bond acceptors (Lipinski definition) is 6. The van der Waals surface area contributed by atoms with Crippen LogP contribution in [-0.2, 0) is 24.4 Å². The molecule has 0 atom stereocenters. The van der Waals surface area contributed by atoms with Gasteiger partial charge in [-0.1, -0.05) is 65.7 Å². The van der Waals surface area contributed by atoms with Crippen molar-refractivity contribution in [2.24, 2.45) is 0 Å². The van der Waals surface area contributed by atoms with Gasteiger partial charge in [0.2, 0.25) is 11.8 Å². The van der Waals surface area contributed by atoms with Gasteiger partial charge in [-0.3, -0.25) is 9.69 Å². The van der Waals surface area contributed by atoms with E-state index in [1.807, 2.05) is 55.2 Å². The summed E-state index contributed by atoms with van der Waals surface area (Å²) >= 11 is 12.9. The van der Waals surface area contributed by atoms with Gasteiger partial charge in [-0.15, -0.1) is 0 Å². The molecule has 1 fully saturated rings. The van der Waals surface area contributed by atoms with Gasteiger partial charge in [0.15, 0.2) is 5.75 Å². The Balaban J connectivity index is 0.958. The Morgan fingerprint density at radius 2 is 1.56 bits per heavy atom. The summed E-state index contributed by atoms with van der Waals surface area (Å²) < 4.78 is 30.7. The van der Waals surface area contributed by atoms with Crippen LogP contribution in [0.1, 0.15) is 34.7 Å². The first-order valence-corrected chi connectivity index (χ1v) is 17.9. The lowest BCUT2D eigenvalue weighted by molar-refractivity contribution is -0.128. The molecule has 10 heteroatoms. The SMILES string of the molecule is C/C(=C\c1cc(C)c(Oc2ccc(OCc3ccccc3Cl)cn2)c(Cl)c1)C(=O)N1CCN(Cc2ccc(CCOc3ccc(F)cc3)cc2)CC1. The Kier molecular flexibility index (Phi) is 12.5. The lowest BCUT2D eigenvalue weighted by atomic mass is 10.1. The second-order valence-corrected chi connectivity index (χ2v) is 13.5. The Morgan fingerprint density at radius 3 is 2.25 bits per heavy atom. The van der Waals surface area contributed by atoms with Gasteiger partial charge < -0.3 is 19.1 Å². The predicted octanol–water partition coefficient (Wildman–Crippen LogP) is 9.58. The van der Waals surface area contributed by atoms with Gasteiger partial charge in [0.05, 0.1) is 17.8 Å². The van der Waals surface area contributed by atoms with E-state index < -0.39 is 0 Å². The largest absolute Gasteiger partial charge is 0.493 e. The predicted molar refractivity (Wildman–Crippen MR) is 204 cm³/mol. The molecule has 0 aliphatic carbocycles. The quantitative estimate of drug-likeness (QED) is 0.112. The molecule has 1 aliphatic rings. The smallest absolute Gasteiger partial charge is 0.249 e. The van der Waals surface area contributed by atoms with Crippen LogP contribution < -0.4 is 14.2 Å². The molecule has 0 radical (unpaired) electrons. The Bertz CT molecular complexity index is 1970. The Hall–Kier alpha value is -4.89. The average Bonchev–Trinajstić information content (AvgIpc) is 3.15. The van der Waals surface area contributed by atoms with Crippen LogP contribution in [0, 0.1) is 12.7 Å². The van der Waals surface area contributed by atoms with Crippen molar-refractivity contribution < 1.29 is 23.4 Å². The number of nitrogens with zero attached hydrogens (tertiary/aromatic N) is 3. The molecular formula is C42H40Cl2FN3O4. The molecule has 1 saturated heterocycles. The summed E-state index contributed by atoms with van der Waals surface area (Å²) in [6.07, 6.45) is 4.23. The topological polar surface area (TPSA) is 64.1 Å². The van der Waals surface area contributed by atoms with Gasteiger partial charge >= 0.3 is 0 Å². The summed E-state index contributed by atoms with van der Waals surface area (Å²) in [7, 11) is 0. The highest BCUT2D eigenvalue weighted by Crippen LogP contribution is 2.34. The number of carbonyl (C=O) groups excluding carboxylic acids is 1. The molecule has 1 aliphatic heterocycles. The minimum absolute atomic E-state index is 0.0157. The van der Waals surface area contributed by atoms with Crippen LogP contribution in [0.15, 0.2) is 109 Å².